The molecule has 1 fully saturated rings. The molecule has 7 nitrogen and oxygen atoms in total. The van der Waals surface area contributed by atoms with E-state index in [1.54, 1.807) is 23.2 Å². The number of urea groups is 1. The van der Waals surface area contributed by atoms with Gasteiger partial charge in [0.25, 0.3) is 0 Å². The Morgan fingerprint density at radius 3 is 2.41 bits per heavy atom. The first-order chi connectivity index (χ1) is 14.2. The number of hydrogen-bond donors (Lipinski definition) is 1. The van der Waals surface area contributed by atoms with Crippen LogP contribution in [0.1, 0.15) is 10.4 Å². The number of carbonyl (C=O) groups is 2. The molecule has 148 valence electrons. The Balaban J connectivity index is 1.38. The van der Waals surface area contributed by atoms with Crippen molar-refractivity contribution in [2.45, 2.75) is 0 Å². The third-order valence-corrected chi connectivity index (χ3v) is 5.09. The van der Waals surface area contributed by atoms with Crippen molar-refractivity contribution in [3.63, 3.8) is 0 Å². The highest BCUT2D eigenvalue weighted by molar-refractivity contribution is 5.99. The first-order valence-corrected chi connectivity index (χ1v) is 9.49. The van der Waals surface area contributed by atoms with Crippen molar-refractivity contribution >= 4 is 34.3 Å². The van der Waals surface area contributed by atoms with Crippen LogP contribution in [0.3, 0.4) is 0 Å². The Labute approximate surface area is 168 Å². The summed E-state index contributed by atoms with van der Waals surface area (Å²) in [7, 11) is 1.37. The predicted molar refractivity (Wildman–Crippen MR) is 112 cm³/mol. The van der Waals surface area contributed by atoms with Gasteiger partial charge < -0.3 is 19.9 Å². The van der Waals surface area contributed by atoms with Crippen molar-refractivity contribution in [2.75, 3.05) is 43.5 Å². The van der Waals surface area contributed by atoms with E-state index in [0.717, 1.165) is 29.7 Å². The number of methoxy groups -OCH3 is 1. The molecule has 1 aliphatic rings. The highest BCUT2D eigenvalue weighted by Crippen LogP contribution is 2.22. The number of nitrogens with one attached hydrogen (secondary N) is 1. The molecule has 2 amide bonds. The fourth-order valence-corrected chi connectivity index (χ4v) is 3.49. The molecule has 0 bridgehead atoms. The number of anilines is 2. The third kappa shape index (κ3) is 3.99. The highest BCUT2D eigenvalue weighted by atomic mass is 16.5. The van der Waals surface area contributed by atoms with Crippen LogP contribution in [0, 0.1) is 0 Å². The zero-order valence-electron chi connectivity index (χ0n) is 16.2. The standard InChI is InChI=1S/C22H22N4O3/c1-29-21(27)17-7-9-18(10-8-17)25-12-14-26(15-13-25)22(28)24-19-6-2-4-16-5-3-11-23-20(16)19/h2-11H,12-15H2,1H3,(H,24,28). The van der Waals surface area contributed by atoms with E-state index in [1.807, 2.05) is 42.5 Å². The minimum atomic E-state index is -0.346. The van der Waals surface area contributed by atoms with Gasteiger partial charge >= 0.3 is 12.0 Å². The molecule has 2 heterocycles. The summed E-state index contributed by atoms with van der Waals surface area (Å²) in [5.41, 5.74) is 3.05. The first-order valence-electron chi connectivity index (χ1n) is 9.49. The number of ether oxygens (including phenoxy) is 1. The third-order valence-electron chi connectivity index (χ3n) is 5.09. The van der Waals surface area contributed by atoms with Crippen molar-refractivity contribution in [3.05, 3.63) is 66.4 Å². The maximum atomic E-state index is 12.7. The molecule has 7 heteroatoms. The van der Waals surface area contributed by atoms with Crippen molar-refractivity contribution in [1.82, 2.24) is 9.88 Å². The van der Waals surface area contributed by atoms with E-state index in [1.165, 1.54) is 7.11 Å². The Kier molecular flexibility index (Phi) is 5.29. The molecule has 0 spiro atoms. The van der Waals surface area contributed by atoms with Gasteiger partial charge in [-0.05, 0) is 36.4 Å². The average Bonchev–Trinajstić information content (AvgIpc) is 2.79. The normalized spacial score (nSPS) is 14.0. The lowest BCUT2D eigenvalue weighted by molar-refractivity contribution is 0.0600. The van der Waals surface area contributed by atoms with Gasteiger partial charge in [-0.15, -0.1) is 0 Å². The molecule has 1 saturated heterocycles. The Hall–Kier alpha value is -3.61. The lowest BCUT2D eigenvalue weighted by atomic mass is 10.2. The Morgan fingerprint density at radius 1 is 0.966 bits per heavy atom. The molecule has 4 rings (SSSR count). The second kappa shape index (κ2) is 8.18. The second-order valence-corrected chi connectivity index (χ2v) is 6.82. The van der Waals surface area contributed by atoms with E-state index in [4.69, 9.17) is 4.74 Å². The Bertz CT molecular complexity index is 1020. The molecular weight excluding hydrogens is 368 g/mol. The molecule has 0 radical (unpaired) electrons. The van der Waals surface area contributed by atoms with Crippen molar-refractivity contribution < 1.29 is 14.3 Å². The lowest BCUT2D eigenvalue weighted by Gasteiger charge is -2.36. The number of piperazine rings is 1. The summed E-state index contributed by atoms with van der Waals surface area (Å²) >= 11 is 0. The maximum absolute atomic E-state index is 12.7. The van der Waals surface area contributed by atoms with E-state index >= 15 is 0 Å². The van der Waals surface area contributed by atoms with Gasteiger partial charge in [0.2, 0.25) is 0 Å². The molecule has 0 unspecified atom stereocenters. The number of benzene rings is 2. The van der Waals surface area contributed by atoms with Crippen LogP contribution in [0.15, 0.2) is 60.8 Å². The van der Waals surface area contributed by atoms with E-state index in [9.17, 15) is 9.59 Å². The van der Waals surface area contributed by atoms with Crippen LogP contribution in [0.2, 0.25) is 0 Å². The zero-order chi connectivity index (χ0) is 20.2. The molecule has 29 heavy (non-hydrogen) atoms. The van der Waals surface area contributed by atoms with Gasteiger partial charge in [-0.3, -0.25) is 4.98 Å². The van der Waals surface area contributed by atoms with Crippen LogP contribution < -0.4 is 10.2 Å². The van der Waals surface area contributed by atoms with Gasteiger partial charge in [0.05, 0.1) is 23.9 Å². The van der Waals surface area contributed by atoms with Gasteiger partial charge in [0, 0.05) is 43.4 Å². The molecule has 2 aromatic carbocycles. The van der Waals surface area contributed by atoms with Gasteiger partial charge in [0.1, 0.15) is 0 Å². The van der Waals surface area contributed by atoms with E-state index in [-0.39, 0.29) is 12.0 Å². The minimum Gasteiger partial charge on any atom is -0.465 e. The van der Waals surface area contributed by atoms with Gasteiger partial charge in [-0.25, -0.2) is 9.59 Å². The zero-order valence-corrected chi connectivity index (χ0v) is 16.2. The predicted octanol–water partition coefficient (Wildman–Crippen LogP) is 3.38. The summed E-state index contributed by atoms with van der Waals surface area (Å²) in [5, 5.41) is 3.98. The minimum absolute atomic E-state index is 0.121. The van der Waals surface area contributed by atoms with Crippen LogP contribution >= 0.6 is 0 Å². The topological polar surface area (TPSA) is 74.8 Å². The summed E-state index contributed by atoms with van der Waals surface area (Å²) < 4.78 is 4.73. The van der Waals surface area contributed by atoms with Crippen molar-refractivity contribution in [2.24, 2.45) is 0 Å². The molecule has 0 saturated carbocycles. The number of para-hydroxylation sites is 1. The number of pyridine rings is 1. The maximum Gasteiger partial charge on any atom is 0.337 e. The number of hydrogen-bond acceptors (Lipinski definition) is 5. The van der Waals surface area contributed by atoms with E-state index in [0.29, 0.717) is 24.3 Å². The summed E-state index contributed by atoms with van der Waals surface area (Å²) in [6, 6.07) is 16.8. The van der Waals surface area contributed by atoms with Gasteiger partial charge in [0.15, 0.2) is 0 Å². The largest absolute Gasteiger partial charge is 0.465 e. The summed E-state index contributed by atoms with van der Waals surface area (Å²) in [6.45, 7) is 2.67. The molecule has 1 N–H and O–H groups in total. The average molecular weight is 390 g/mol. The smallest absolute Gasteiger partial charge is 0.337 e. The molecule has 3 aromatic rings. The summed E-state index contributed by atoms with van der Waals surface area (Å²) in [4.78, 5) is 32.7. The number of carbonyl (C=O) groups excluding carboxylic acids is 2. The molecule has 1 aliphatic heterocycles. The van der Waals surface area contributed by atoms with E-state index < -0.39 is 0 Å². The lowest BCUT2D eigenvalue weighted by Crippen LogP contribution is -2.50. The molecule has 1 aromatic heterocycles. The monoisotopic (exact) mass is 390 g/mol. The van der Waals surface area contributed by atoms with Crippen LogP contribution in [-0.4, -0.2) is 55.2 Å². The van der Waals surface area contributed by atoms with E-state index in [2.05, 4.69) is 15.2 Å². The fraction of sp³-hybridized carbons (Fsp3) is 0.227. The number of fused-ring (bicyclic) bond motifs is 1. The second-order valence-electron chi connectivity index (χ2n) is 6.82. The number of rotatable bonds is 3. The van der Waals surface area contributed by atoms with Crippen molar-refractivity contribution in [3.8, 4) is 0 Å². The fourth-order valence-electron chi connectivity index (χ4n) is 3.49. The van der Waals surface area contributed by atoms with Crippen LogP contribution in [0.4, 0.5) is 16.2 Å². The summed E-state index contributed by atoms with van der Waals surface area (Å²) in [6.07, 6.45) is 1.72. The van der Waals surface area contributed by atoms with Crippen LogP contribution in [0.5, 0.6) is 0 Å². The number of nitrogens with zero attached hydrogens (tertiary/aromatic N) is 3. The van der Waals surface area contributed by atoms with Crippen LogP contribution in [0.25, 0.3) is 10.9 Å². The van der Waals surface area contributed by atoms with Gasteiger partial charge in [-0.2, -0.15) is 0 Å². The summed E-state index contributed by atoms with van der Waals surface area (Å²) in [5.74, 6) is -0.346. The molecule has 0 aliphatic carbocycles. The SMILES string of the molecule is COC(=O)c1ccc(N2CCN(C(=O)Nc3cccc4cccnc34)CC2)cc1. The first kappa shape index (κ1) is 18.7. The van der Waals surface area contributed by atoms with Crippen molar-refractivity contribution in [1.29, 1.82) is 0 Å². The molecular formula is C22H22N4O3. The highest BCUT2D eigenvalue weighted by Gasteiger charge is 2.22. The molecule has 0 atom stereocenters. The van der Waals surface area contributed by atoms with Crippen LogP contribution in [-0.2, 0) is 4.74 Å². The quantitative estimate of drug-likeness (QED) is 0.694. The number of aromatic nitrogens is 1. The number of esters is 1. The number of amides is 2. The Morgan fingerprint density at radius 2 is 1.69 bits per heavy atom. The van der Waals surface area contributed by atoms with Gasteiger partial charge in [-0.1, -0.05) is 18.2 Å².